The van der Waals surface area contributed by atoms with Gasteiger partial charge in [-0.25, -0.2) is 4.39 Å². The molecule has 102 valence electrons. The third kappa shape index (κ3) is 3.02. The minimum atomic E-state index is -0.464. The molecular weight excluding hydrogens is 267 g/mol. The molecule has 0 aliphatic rings. The van der Waals surface area contributed by atoms with Crippen molar-refractivity contribution in [2.45, 2.75) is 19.4 Å². The van der Waals surface area contributed by atoms with Gasteiger partial charge in [-0.05, 0) is 31.5 Å². The van der Waals surface area contributed by atoms with Crippen molar-refractivity contribution in [2.24, 2.45) is 0 Å². The third-order valence-electron chi connectivity index (χ3n) is 2.74. The Morgan fingerprint density at radius 3 is 3.00 bits per heavy atom. The summed E-state index contributed by atoms with van der Waals surface area (Å²) in [6.07, 6.45) is 0.0136. The van der Waals surface area contributed by atoms with Crippen LogP contribution in [-0.4, -0.2) is 23.7 Å². The number of fused-ring (bicyclic) bond motifs is 1. The van der Waals surface area contributed by atoms with E-state index >= 15 is 0 Å². The maximum absolute atomic E-state index is 13.1. The molecule has 1 aromatic heterocycles. The summed E-state index contributed by atoms with van der Waals surface area (Å²) in [5.74, 6) is -0.669. The van der Waals surface area contributed by atoms with Gasteiger partial charge in [0.05, 0.1) is 11.8 Å². The Bertz CT molecular complexity index is 610. The first-order valence-corrected chi connectivity index (χ1v) is 6.74. The molecule has 2 aromatic rings. The van der Waals surface area contributed by atoms with Crippen LogP contribution in [0.1, 0.15) is 23.0 Å². The Labute approximate surface area is 114 Å². The molecule has 0 saturated carbocycles. The molecule has 1 unspecified atom stereocenters. The molecule has 1 atom stereocenters. The maximum atomic E-state index is 13.1. The summed E-state index contributed by atoms with van der Waals surface area (Å²) >= 11 is 1.23. The van der Waals surface area contributed by atoms with Gasteiger partial charge in [0.25, 0.3) is 5.91 Å². The second-order valence-electron chi connectivity index (χ2n) is 4.38. The molecule has 4 N–H and O–H groups in total. The summed E-state index contributed by atoms with van der Waals surface area (Å²) in [6, 6.07) is 4.28. The molecule has 1 aromatic carbocycles. The molecule has 0 saturated heterocycles. The van der Waals surface area contributed by atoms with Gasteiger partial charge in [-0.1, -0.05) is 0 Å². The number of nitrogens with two attached hydrogens (primary N) is 1. The number of anilines is 1. The number of carbonyl (C=O) groups excluding carboxylic acids is 1. The van der Waals surface area contributed by atoms with E-state index in [0.29, 0.717) is 28.9 Å². The second-order valence-corrected chi connectivity index (χ2v) is 5.43. The monoisotopic (exact) mass is 282 g/mol. The average molecular weight is 282 g/mol. The molecule has 1 amide bonds. The maximum Gasteiger partial charge on any atom is 0.263 e. The minimum absolute atomic E-state index is 0.292. The van der Waals surface area contributed by atoms with Crippen molar-refractivity contribution in [3.05, 3.63) is 28.9 Å². The van der Waals surface area contributed by atoms with Crippen LogP contribution < -0.4 is 11.1 Å². The first-order valence-electron chi connectivity index (χ1n) is 5.93. The minimum Gasteiger partial charge on any atom is -0.397 e. The molecular formula is C13H15FN2O2S. The number of amides is 1. The highest BCUT2D eigenvalue weighted by Crippen LogP contribution is 2.33. The van der Waals surface area contributed by atoms with Gasteiger partial charge in [-0.2, -0.15) is 0 Å². The SMILES string of the molecule is CC(O)CCNC(=O)c1sc2ccc(F)cc2c1N. The Balaban J connectivity index is 2.20. The molecule has 0 spiro atoms. The predicted molar refractivity (Wildman–Crippen MR) is 74.8 cm³/mol. The molecule has 0 aliphatic heterocycles. The van der Waals surface area contributed by atoms with Gasteiger partial charge in [0.1, 0.15) is 10.7 Å². The van der Waals surface area contributed by atoms with Crippen molar-refractivity contribution in [3.8, 4) is 0 Å². The number of carbonyl (C=O) groups is 1. The number of rotatable bonds is 4. The van der Waals surface area contributed by atoms with E-state index in [-0.39, 0.29) is 11.7 Å². The number of hydrogen-bond acceptors (Lipinski definition) is 4. The molecule has 0 fully saturated rings. The number of halogens is 1. The fourth-order valence-corrected chi connectivity index (χ4v) is 2.75. The lowest BCUT2D eigenvalue weighted by atomic mass is 10.2. The molecule has 1 heterocycles. The van der Waals surface area contributed by atoms with Crippen molar-refractivity contribution in [1.82, 2.24) is 5.32 Å². The summed E-state index contributed by atoms with van der Waals surface area (Å²) < 4.78 is 13.9. The summed E-state index contributed by atoms with van der Waals surface area (Å²) in [6.45, 7) is 2.03. The van der Waals surface area contributed by atoms with Crippen LogP contribution in [0.2, 0.25) is 0 Å². The van der Waals surface area contributed by atoms with E-state index in [0.717, 1.165) is 4.70 Å². The van der Waals surface area contributed by atoms with Crippen LogP contribution in [0.4, 0.5) is 10.1 Å². The van der Waals surface area contributed by atoms with Gasteiger partial charge in [0.2, 0.25) is 0 Å². The van der Waals surface area contributed by atoms with Crippen LogP contribution in [0, 0.1) is 5.82 Å². The second kappa shape index (κ2) is 5.54. The number of hydrogen-bond donors (Lipinski definition) is 3. The highest BCUT2D eigenvalue weighted by molar-refractivity contribution is 7.21. The van der Waals surface area contributed by atoms with Gasteiger partial charge in [0, 0.05) is 16.6 Å². The summed E-state index contributed by atoms with van der Waals surface area (Å²) in [5, 5.41) is 12.4. The lowest BCUT2D eigenvalue weighted by Crippen LogP contribution is -2.26. The van der Waals surface area contributed by atoms with Gasteiger partial charge < -0.3 is 16.2 Å². The number of benzene rings is 1. The van der Waals surface area contributed by atoms with E-state index < -0.39 is 6.10 Å². The zero-order valence-corrected chi connectivity index (χ0v) is 11.3. The zero-order chi connectivity index (χ0) is 14.0. The molecule has 19 heavy (non-hydrogen) atoms. The van der Waals surface area contributed by atoms with E-state index in [9.17, 15) is 9.18 Å². The standard InChI is InChI=1S/C13H15FN2O2S/c1-7(17)4-5-16-13(18)12-11(15)9-6-8(14)2-3-10(9)19-12/h2-3,6-7,17H,4-5,15H2,1H3,(H,16,18). The van der Waals surface area contributed by atoms with Crippen LogP contribution >= 0.6 is 11.3 Å². The first kappa shape index (κ1) is 13.8. The van der Waals surface area contributed by atoms with Crippen LogP contribution in [-0.2, 0) is 0 Å². The lowest BCUT2D eigenvalue weighted by Gasteiger charge is -2.05. The Hall–Kier alpha value is -1.66. The number of aliphatic hydroxyl groups is 1. The smallest absolute Gasteiger partial charge is 0.263 e. The van der Waals surface area contributed by atoms with E-state index in [2.05, 4.69) is 5.32 Å². The van der Waals surface area contributed by atoms with E-state index in [1.807, 2.05) is 0 Å². The highest BCUT2D eigenvalue weighted by Gasteiger charge is 2.16. The Morgan fingerprint density at radius 2 is 2.32 bits per heavy atom. The number of thiophene rings is 1. The van der Waals surface area contributed by atoms with Crippen LogP contribution in [0.15, 0.2) is 18.2 Å². The summed E-state index contributed by atoms with van der Waals surface area (Å²) in [5.41, 5.74) is 6.17. The normalized spacial score (nSPS) is 12.6. The summed E-state index contributed by atoms with van der Waals surface area (Å²) in [7, 11) is 0. The molecule has 6 heteroatoms. The van der Waals surface area contributed by atoms with Gasteiger partial charge in [0.15, 0.2) is 0 Å². The molecule has 0 bridgehead atoms. The quantitative estimate of drug-likeness (QED) is 0.804. The van der Waals surface area contributed by atoms with Crippen LogP contribution in [0.3, 0.4) is 0 Å². The van der Waals surface area contributed by atoms with Gasteiger partial charge in [-0.15, -0.1) is 11.3 Å². The van der Waals surface area contributed by atoms with Gasteiger partial charge >= 0.3 is 0 Å². The molecule has 4 nitrogen and oxygen atoms in total. The third-order valence-corrected chi connectivity index (χ3v) is 3.93. The van der Waals surface area contributed by atoms with Crippen molar-refractivity contribution in [2.75, 3.05) is 12.3 Å². The van der Waals surface area contributed by atoms with Crippen molar-refractivity contribution in [1.29, 1.82) is 0 Å². The van der Waals surface area contributed by atoms with E-state index in [4.69, 9.17) is 10.8 Å². The Kier molecular flexibility index (Phi) is 4.01. The zero-order valence-electron chi connectivity index (χ0n) is 10.4. The first-order chi connectivity index (χ1) is 8.99. The largest absolute Gasteiger partial charge is 0.397 e. The van der Waals surface area contributed by atoms with Crippen LogP contribution in [0.5, 0.6) is 0 Å². The lowest BCUT2D eigenvalue weighted by molar-refractivity contribution is 0.0950. The molecule has 2 rings (SSSR count). The average Bonchev–Trinajstić information content (AvgIpc) is 2.66. The predicted octanol–water partition coefficient (Wildman–Crippen LogP) is 2.12. The fourth-order valence-electron chi connectivity index (χ4n) is 1.73. The summed E-state index contributed by atoms with van der Waals surface area (Å²) in [4.78, 5) is 12.3. The number of aliphatic hydroxyl groups excluding tert-OH is 1. The number of nitrogen functional groups attached to an aromatic ring is 1. The Morgan fingerprint density at radius 1 is 1.58 bits per heavy atom. The molecule has 0 radical (unpaired) electrons. The number of nitrogens with one attached hydrogen (secondary N) is 1. The molecule has 0 aliphatic carbocycles. The van der Waals surface area contributed by atoms with Crippen molar-refractivity contribution in [3.63, 3.8) is 0 Å². The fraction of sp³-hybridized carbons (Fsp3) is 0.308. The van der Waals surface area contributed by atoms with Gasteiger partial charge in [-0.3, -0.25) is 4.79 Å². The van der Waals surface area contributed by atoms with Crippen molar-refractivity contribution < 1.29 is 14.3 Å². The van der Waals surface area contributed by atoms with Crippen LogP contribution in [0.25, 0.3) is 10.1 Å². The topological polar surface area (TPSA) is 75.3 Å². The van der Waals surface area contributed by atoms with E-state index in [1.54, 1.807) is 13.0 Å². The van der Waals surface area contributed by atoms with Crippen molar-refractivity contribution >= 4 is 33.0 Å². The highest BCUT2D eigenvalue weighted by atomic mass is 32.1. The van der Waals surface area contributed by atoms with E-state index in [1.165, 1.54) is 23.5 Å².